The summed E-state index contributed by atoms with van der Waals surface area (Å²) in [4.78, 5) is 22.9. The van der Waals surface area contributed by atoms with Crippen LogP contribution in [0.2, 0.25) is 0 Å². The summed E-state index contributed by atoms with van der Waals surface area (Å²) in [6, 6.07) is 0. The highest BCUT2D eigenvalue weighted by Gasteiger charge is 2.31. The topological polar surface area (TPSA) is 63.6 Å². The number of hydrogen-bond acceptors (Lipinski definition) is 3. The van der Waals surface area contributed by atoms with Crippen LogP contribution in [-0.4, -0.2) is 23.7 Å². The molecule has 0 radical (unpaired) electrons. The number of carboxylic acid groups (broad SMARTS) is 1. The first-order valence-electron chi connectivity index (χ1n) is 8.48. The Bertz CT molecular complexity index is 624. The summed E-state index contributed by atoms with van der Waals surface area (Å²) in [6.45, 7) is 8.78. The Morgan fingerprint density at radius 1 is 1.50 bits per heavy atom. The lowest BCUT2D eigenvalue weighted by Gasteiger charge is -2.36. The van der Waals surface area contributed by atoms with Crippen molar-refractivity contribution in [3.63, 3.8) is 0 Å². The van der Waals surface area contributed by atoms with Crippen LogP contribution in [-0.2, 0) is 14.3 Å². The van der Waals surface area contributed by atoms with Crippen LogP contribution >= 0.6 is 0 Å². The van der Waals surface area contributed by atoms with Gasteiger partial charge in [-0.2, -0.15) is 0 Å². The Hall–Kier alpha value is -2.10. The zero-order chi connectivity index (χ0) is 17.7. The van der Waals surface area contributed by atoms with Crippen LogP contribution in [0.15, 0.2) is 47.6 Å². The van der Waals surface area contributed by atoms with Gasteiger partial charge in [-0.3, -0.25) is 0 Å². The smallest absolute Gasteiger partial charge is 0.335 e. The normalized spacial score (nSPS) is 31.7. The van der Waals surface area contributed by atoms with Gasteiger partial charge in [-0.15, -0.1) is 0 Å². The summed E-state index contributed by atoms with van der Waals surface area (Å²) in [5.41, 5.74) is 1.79. The van der Waals surface area contributed by atoms with E-state index in [1.54, 1.807) is 6.08 Å². The van der Waals surface area contributed by atoms with E-state index in [0.717, 1.165) is 31.3 Å². The van der Waals surface area contributed by atoms with Crippen molar-refractivity contribution >= 4 is 11.9 Å². The van der Waals surface area contributed by atoms with Gasteiger partial charge in [0.1, 0.15) is 6.61 Å². The lowest BCUT2D eigenvalue weighted by molar-refractivity contribution is -0.136. The lowest BCUT2D eigenvalue weighted by atomic mass is 9.69. The SMILES string of the molecule is C=C1CC[C@H](C)[C@](C)(CCC2=CCOC2=O)C/C=C\C=C/1C(=O)O. The number of allylic oxidation sites excluding steroid dienone is 3. The Morgan fingerprint density at radius 2 is 2.25 bits per heavy atom. The summed E-state index contributed by atoms with van der Waals surface area (Å²) in [7, 11) is 0. The molecule has 1 heterocycles. The third-order valence-electron chi connectivity index (χ3n) is 5.44. The van der Waals surface area contributed by atoms with Gasteiger partial charge >= 0.3 is 11.9 Å². The van der Waals surface area contributed by atoms with Gasteiger partial charge < -0.3 is 9.84 Å². The molecule has 0 saturated heterocycles. The molecular formula is C20H26O4. The average Bonchev–Trinajstić information content (AvgIpc) is 2.94. The third-order valence-corrected chi connectivity index (χ3v) is 5.44. The molecule has 0 saturated carbocycles. The van der Waals surface area contributed by atoms with Crippen molar-refractivity contribution in [3.05, 3.63) is 47.6 Å². The number of hydrogen-bond donors (Lipinski definition) is 1. The first kappa shape index (κ1) is 18.2. The fourth-order valence-electron chi connectivity index (χ4n) is 3.28. The molecule has 0 bridgehead atoms. The molecule has 0 unspecified atom stereocenters. The van der Waals surface area contributed by atoms with Crippen LogP contribution < -0.4 is 0 Å². The molecule has 0 spiro atoms. The van der Waals surface area contributed by atoms with Crippen LogP contribution in [0.25, 0.3) is 0 Å². The second kappa shape index (κ2) is 7.65. The van der Waals surface area contributed by atoms with Crippen LogP contribution in [0.1, 0.15) is 46.0 Å². The quantitative estimate of drug-likeness (QED) is 0.785. The number of carboxylic acids is 1. The van der Waals surface area contributed by atoms with E-state index in [1.807, 2.05) is 18.2 Å². The number of cyclic esters (lactones) is 1. The predicted octanol–water partition coefficient (Wildman–Crippen LogP) is 4.20. The van der Waals surface area contributed by atoms with E-state index in [0.29, 0.717) is 30.1 Å². The molecule has 130 valence electrons. The van der Waals surface area contributed by atoms with E-state index >= 15 is 0 Å². The van der Waals surface area contributed by atoms with Crippen molar-refractivity contribution in [1.82, 2.24) is 0 Å². The van der Waals surface area contributed by atoms with E-state index < -0.39 is 5.97 Å². The van der Waals surface area contributed by atoms with E-state index in [1.165, 1.54) is 0 Å². The Labute approximate surface area is 143 Å². The van der Waals surface area contributed by atoms with Crippen LogP contribution in [0.4, 0.5) is 0 Å². The molecule has 24 heavy (non-hydrogen) atoms. The van der Waals surface area contributed by atoms with Gasteiger partial charge in [0.25, 0.3) is 0 Å². The van der Waals surface area contributed by atoms with Crippen molar-refractivity contribution in [2.75, 3.05) is 6.61 Å². The first-order valence-corrected chi connectivity index (χ1v) is 8.48. The molecule has 4 heteroatoms. The van der Waals surface area contributed by atoms with Gasteiger partial charge in [0, 0.05) is 5.57 Å². The molecule has 1 aliphatic carbocycles. The largest absolute Gasteiger partial charge is 0.478 e. The molecular weight excluding hydrogens is 304 g/mol. The highest BCUT2D eigenvalue weighted by Crippen LogP contribution is 2.41. The standard InChI is InChI=1S/C20H26O4/c1-14-7-8-15(2)20(3,11-5-4-6-17(14)18(21)22)12-9-16-10-13-24-19(16)23/h4-6,10,15H,1,7-9,11-13H2,2-3H3,(H,21,22)/b5-4-,17-6+/t15-,20-/m0/s1. The van der Waals surface area contributed by atoms with Gasteiger partial charge in [-0.25, -0.2) is 9.59 Å². The zero-order valence-corrected chi connectivity index (χ0v) is 14.5. The third kappa shape index (κ3) is 4.25. The summed E-state index contributed by atoms with van der Waals surface area (Å²) in [5, 5.41) is 9.27. The van der Waals surface area contributed by atoms with Crippen LogP contribution in [0.3, 0.4) is 0 Å². The van der Waals surface area contributed by atoms with Gasteiger partial charge in [-0.1, -0.05) is 32.6 Å². The molecule has 1 aliphatic heterocycles. The summed E-state index contributed by atoms with van der Waals surface area (Å²) < 4.78 is 4.97. The minimum atomic E-state index is -0.924. The summed E-state index contributed by atoms with van der Waals surface area (Å²) >= 11 is 0. The maximum Gasteiger partial charge on any atom is 0.335 e. The highest BCUT2D eigenvalue weighted by molar-refractivity contribution is 5.92. The van der Waals surface area contributed by atoms with Gasteiger partial charge in [-0.05, 0) is 61.2 Å². The molecule has 0 amide bonds. The molecule has 4 nitrogen and oxygen atoms in total. The van der Waals surface area contributed by atoms with Crippen molar-refractivity contribution < 1.29 is 19.4 Å². The Kier molecular flexibility index (Phi) is 5.81. The molecule has 2 rings (SSSR count). The molecule has 0 aromatic carbocycles. The number of esters is 1. The maximum atomic E-state index is 11.6. The molecule has 1 N–H and O–H groups in total. The average molecular weight is 330 g/mol. The van der Waals surface area contributed by atoms with E-state index in [-0.39, 0.29) is 11.4 Å². The summed E-state index contributed by atoms with van der Waals surface area (Å²) in [6.07, 6.45) is 11.4. The molecule has 0 aromatic rings. The predicted molar refractivity (Wildman–Crippen MR) is 93.4 cm³/mol. The molecule has 2 atom stereocenters. The number of rotatable bonds is 4. The lowest BCUT2D eigenvalue weighted by Crippen LogP contribution is -2.26. The van der Waals surface area contributed by atoms with Crippen molar-refractivity contribution in [3.8, 4) is 0 Å². The number of aliphatic carboxylic acids is 1. The monoisotopic (exact) mass is 330 g/mol. The molecule has 0 fully saturated rings. The van der Waals surface area contributed by atoms with Gasteiger partial charge in [0.2, 0.25) is 0 Å². The minimum absolute atomic E-state index is 0.0507. The van der Waals surface area contributed by atoms with Crippen LogP contribution in [0.5, 0.6) is 0 Å². The second-order valence-corrected chi connectivity index (χ2v) is 7.04. The van der Waals surface area contributed by atoms with Crippen molar-refractivity contribution in [2.45, 2.75) is 46.0 Å². The number of carbonyl (C=O) groups is 2. The second-order valence-electron chi connectivity index (χ2n) is 7.04. The van der Waals surface area contributed by atoms with E-state index in [2.05, 4.69) is 20.4 Å². The van der Waals surface area contributed by atoms with Crippen molar-refractivity contribution in [1.29, 1.82) is 0 Å². The first-order chi connectivity index (χ1) is 11.3. The zero-order valence-electron chi connectivity index (χ0n) is 14.5. The molecule has 0 aromatic heterocycles. The maximum absolute atomic E-state index is 11.6. The Morgan fingerprint density at radius 3 is 2.88 bits per heavy atom. The highest BCUT2D eigenvalue weighted by atomic mass is 16.5. The Balaban J connectivity index is 2.13. The van der Waals surface area contributed by atoms with Gasteiger partial charge in [0.05, 0.1) is 5.57 Å². The molecule has 2 aliphatic rings. The van der Waals surface area contributed by atoms with Crippen molar-refractivity contribution in [2.24, 2.45) is 11.3 Å². The fraction of sp³-hybridized carbons (Fsp3) is 0.500. The number of carbonyl (C=O) groups excluding carboxylic acids is 1. The van der Waals surface area contributed by atoms with Gasteiger partial charge in [0.15, 0.2) is 0 Å². The number of ether oxygens (including phenoxy) is 1. The van der Waals surface area contributed by atoms with Crippen LogP contribution in [0, 0.1) is 11.3 Å². The van der Waals surface area contributed by atoms with E-state index in [4.69, 9.17) is 4.74 Å². The summed E-state index contributed by atoms with van der Waals surface area (Å²) in [5.74, 6) is -0.721. The fourth-order valence-corrected chi connectivity index (χ4v) is 3.28. The van der Waals surface area contributed by atoms with E-state index in [9.17, 15) is 14.7 Å². The minimum Gasteiger partial charge on any atom is -0.478 e.